The number of benzene rings is 1. The Morgan fingerprint density at radius 3 is 2.85 bits per heavy atom. The van der Waals surface area contributed by atoms with E-state index in [1.807, 2.05) is 6.07 Å². The van der Waals surface area contributed by atoms with E-state index in [1.54, 1.807) is 11.8 Å². The first-order valence-corrected chi connectivity index (χ1v) is 5.32. The molecule has 1 aliphatic rings. The van der Waals surface area contributed by atoms with Crippen molar-refractivity contribution >= 4 is 11.8 Å². The molecule has 0 unspecified atom stereocenters. The molecule has 3 heteroatoms. The fraction of sp³-hybridized carbons (Fsp3) is 0.200. The van der Waals surface area contributed by atoms with E-state index in [0.717, 1.165) is 12.4 Å². The summed E-state index contributed by atoms with van der Waals surface area (Å²) in [5.74, 6) is 1.01. The first kappa shape index (κ1) is 8.66. The van der Waals surface area contributed by atoms with E-state index in [2.05, 4.69) is 46.3 Å². The van der Waals surface area contributed by atoms with Gasteiger partial charge in [0.1, 0.15) is 0 Å². The molecule has 13 heavy (non-hydrogen) atoms. The summed E-state index contributed by atoms with van der Waals surface area (Å²) in [4.78, 5) is 0. The van der Waals surface area contributed by atoms with Gasteiger partial charge in [-0.25, -0.2) is 5.43 Å². The third-order valence-corrected chi connectivity index (χ3v) is 2.62. The van der Waals surface area contributed by atoms with Gasteiger partial charge in [0.15, 0.2) is 0 Å². The molecule has 0 saturated heterocycles. The lowest BCUT2D eigenvalue weighted by Crippen LogP contribution is -2.30. The summed E-state index contributed by atoms with van der Waals surface area (Å²) >= 11 is 1.80. The van der Waals surface area contributed by atoms with Gasteiger partial charge in [-0.1, -0.05) is 30.3 Å². The lowest BCUT2D eigenvalue weighted by atomic mass is 10.2. The van der Waals surface area contributed by atoms with Gasteiger partial charge >= 0.3 is 0 Å². The van der Waals surface area contributed by atoms with Crippen LogP contribution in [0, 0.1) is 0 Å². The number of rotatable bonds is 3. The zero-order chi connectivity index (χ0) is 8.93. The molecule has 0 fully saturated rings. The molecule has 1 aliphatic heterocycles. The molecule has 1 aromatic carbocycles. The first-order chi connectivity index (χ1) is 6.45. The van der Waals surface area contributed by atoms with Gasteiger partial charge in [-0.05, 0) is 11.0 Å². The average molecular weight is 192 g/mol. The first-order valence-electron chi connectivity index (χ1n) is 4.27. The molecular weight excluding hydrogens is 180 g/mol. The van der Waals surface area contributed by atoms with Crippen molar-refractivity contribution in [1.82, 2.24) is 10.4 Å². The van der Waals surface area contributed by atoms with Crippen molar-refractivity contribution in [3.63, 3.8) is 0 Å². The minimum Gasteiger partial charge on any atom is -0.305 e. The molecule has 0 aromatic heterocycles. The topological polar surface area (TPSA) is 15.3 Å². The van der Waals surface area contributed by atoms with Crippen molar-refractivity contribution in [3.05, 3.63) is 47.5 Å². The number of hydrazine groups is 1. The summed E-state index contributed by atoms with van der Waals surface area (Å²) < 4.78 is 0. The summed E-state index contributed by atoms with van der Waals surface area (Å²) in [6.45, 7) is 0.895. The monoisotopic (exact) mass is 192 g/mol. The summed E-state index contributed by atoms with van der Waals surface area (Å²) in [7, 11) is 0. The molecule has 0 atom stereocenters. The largest absolute Gasteiger partial charge is 0.305 e. The summed E-state index contributed by atoms with van der Waals surface area (Å²) in [5.41, 5.74) is 4.64. The smallest absolute Gasteiger partial charge is 0.0833 e. The Morgan fingerprint density at radius 2 is 2.15 bits per heavy atom. The molecule has 2 nitrogen and oxygen atoms in total. The second-order valence-electron chi connectivity index (χ2n) is 2.87. The van der Waals surface area contributed by atoms with Crippen molar-refractivity contribution in [2.24, 2.45) is 0 Å². The Labute approximate surface area is 82.6 Å². The van der Waals surface area contributed by atoms with Gasteiger partial charge in [0, 0.05) is 12.7 Å². The highest BCUT2D eigenvalue weighted by atomic mass is 32.2. The second kappa shape index (κ2) is 4.35. The summed E-state index contributed by atoms with van der Waals surface area (Å²) in [5, 5.41) is 4.19. The molecule has 68 valence electrons. The highest BCUT2D eigenvalue weighted by molar-refractivity contribution is 8.02. The van der Waals surface area contributed by atoms with Crippen LogP contribution < -0.4 is 5.43 Å². The maximum atomic E-state index is 3.32. The van der Waals surface area contributed by atoms with Gasteiger partial charge in [0.2, 0.25) is 0 Å². The van der Waals surface area contributed by atoms with Gasteiger partial charge in [-0.2, -0.15) is 0 Å². The van der Waals surface area contributed by atoms with E-state index in [0.29, 0.717) is 0 Å². The van der Waals surface area contributed by atoms with E-state index < -0.39 is 0 Å². The van der Waals surface area contributed by atoms with Crippen LogP contribution in [0.25, 0.3) is 0 Å². The van der Waals surface area contributed by atoms with Crippen LogP contribution in [-0.4, -0.2) is 10.9 Å². The van der Waals surface area contributed by atoms with E-state index in [9.17, 15) is 0 Å². The number of nitrogens with zero attached hydrogens (tertiary/aromatic N) is 1. The minimum absolute atomic E-state index is 0.895. The Hall–Kier alpha value is -0.930. The fourth-order valence-electron chi connectivity index (χ4n) is 1.17. The van der Waals surface area contributed by atoms with Crippen LogP contribution in [-0.2, 0) is 6.54 Å². The van der Waals surface area contributed by atoms with Crippen molar-refractivity contribution in [3.8, 4) is 0 Å². The van der Waals surface area contributed by atoms with Crippen molar-refractivity contribution in [1.29, 1.82) is 0 Å². The van der Waals surface area contributed by atoms with Crippen LogP contribution in [0.5, 0.6) is 0 Å². The molecular formula is C10H12N2S. The molecule has 2 rings (SSSR count). The molecule has 1 N–H and O–H groups in total. The standard InChI is InChI=1S/C10H12N2S/c1-2-4-10(5-3-1)8-11-12-6-7-13-9-12/h1-7,11H,8-9H2. The maximum Gasteiger partial charge on any atom is 0.0833 e. The molecule has 0 bridgehead atoms. The molecule has 0 amide bonds. The molecule has 0 spiro atoms. The van der Waals surface area contributed by atoms with Crippen LogP contribution in [0.2, 0.25) is 0 Å². The van der Waals surface area contributed by atoms with E-state index in [-0.39, 0.29) is 0 Å². The van der Waals surface area contributed by atoms with Crippen molar-refractivity contribution in [2.45, 2.75) is 6.54 Å². The van der Waals surface area contributed by atoms with Gasteiger partial charge in [0.05, 0.1) is 5.88 Å². The van der Waals surface area contributed by atoms with Crippen LogP contribution in [0.3, 0.4) is 0 Å². The molecule has 0 radical (unpaired) electrons. The summed E-state index contributed by atoms with van der Waals surface area (Å²) in [6.07, 6.45) is 2.06. The average Bonchev–Trinajstić information content (AvgIpc) is 2.69. The van der Waals surface area contributed by atoms with E-state index in [4.69, 9.17) is 0 Å². The highest BCUT2D eigenvalue weighted by Gasteiger charge is 2.02. The molecule has 0 saturated carbocycles. The second-order valence-corrected chi connectivity index (χ2v) is 3.73. The van der Waals surface area contributed by atoms with E-state index in [1.165, 1.54) is 5.56 Å². The van der Waals surface area contributed by atoms with Crippen LogP contribution >= 0.6 is 11.8 Å². The van der Waals surface area contributed by atoms with E-state index >= 15 is 0 Å². The zero-order valence-electron chi connectivity index (χ0n) is 7.31. The summed E-state index contributed by atoms with van der Waals surface area (Å²) in [6, 6.07) is 10.4. The van der Waals surface area contributed by atoms with Crippen LogP contribution in [0.15, 0.2) is 41.9 Å². The number of hydrogen-bond acceptors (Lipinski definition) is 3. The predicted molar refractivity (Wildman–Crippen MR) is 56.7 cm³/mol. The Kier molecular flexibility index (Phi) is 2.90. The van der Waals surface area contributed by atoms with Gasteiger partial charge in [0.25, 0.3) is 0 Å². The Morgan fingerprint density at radius 1 is 1.31 bits per heavy atom. The quantitative estimate of drug-likeness (QED) is 0.790. The van der Waals surface area contributed by atoms with Crippen molar-refractivity contribution < 1.29 is 0 Å². The third-order valence-electron chi connectivity index (χ3n) is 1.88. The van der Waals surface area contributed by atoms with Crippen LogP contribution in [0.1, 0.15) is 5.56 Å². The number of thioether (sulfide) groups is 1. The lowest BCUT2D eigenvalue weighted by Gasteiger charge is -2.15. The van der Waals surface area contributed by atoms with Crippen molar-refractivity contribution in [2.75, 3.05) is 5.88 Å². The Balaban J connectivity index is 1.82. The highest BCUT2D eigenvalue weighted by Crippen LogP contribution is 2.12. The molecule has 0 aliphatic carbocycles. The fourth-order valence-corrected chi connectivity index (χ4v) is 1.83. The Bertz CT molecular complexity index is 284. The van der Waals surface area contributed by atoms with Crippen LogP contribution in [0.4, 0.5) is 0 Å². The third kappa shape index (κ3) is 2.50. The number of hydrogen-bond donors (Lipinski definition) is 1. The number of nitrogens with one attached hydrogen (secondary N) is 1. The SMILES string of the molecule is C1=CN(NCc2ccccc2)CS1. The molecule has 1 heterocycles. The maximum absolute atomic E-state index is 3.32. The lowest BCUT2D eigenvalue weighted by molar-refractivity contribution is 0.316. The normalized spacial score (nSPS) is 15.2. The van der Waals surface area contributed by atoms with Gasteiger partial charge < -0.3 is 5.01 Å². The minimum atomic E-state index is 0.895. The predicted octanol–water partition coefficient (Wildman–Crippen LogP) is 2.17. The zero-order valence-corrected chi connectivity index (χ0v) is 8.13. The molecule has 1 aromatic rings. The van der Waals surface area contributed by atoms with Gasteiger partial charge in [-0.15, -0.1) is 11.8 Å². The van der Waals surface area contributed by atoms with Gasteiger partial charge in [-0.3, -0.25) is 0 Å².